The van der Waals surface area contributed by atoms with Gasteiger partial charge in [-0.1, -0.05) is 0 Å². The Kier molecular flexibility index (Phi) is 3.65. The molecule has 56 valence electrons. The van der Waals surface area contributed by atoms with Gasteiger partial charge in [-0.05, 0) is 6.54 Å². The number of nitrogens with two attached hydrogens (primary N) is 1. The van der Waals surface area contributed by atoms with E-state index >= 15 is 0 Å². The summed E-state index contributed by atoms with van der Waals surface area (Å²) in [6, 6.07) is 0. The summed E-state index contributed by atoms with van der Waals surface area (Å²) in [5.74, 6) is -2.77. The Balaban J connectivity index is 3.43. The lowest BCUT2D eigenvalue weighted by Crippen LogP contribution is -2.22. The molecule has 0 radical (unpaired) electrons. The molecule has 0 aliphatic carbocycles. The van der Waals surface area contributed by atoms with Crippen LogP contribution in [0, 0.1) is 0 Å². The summed E-state index contributed by atoms with van der Waals surface area (Å²) in [6.45, 7) is -0.514. The quantitative estimate of drug-likeness (QED) is 0.590. The lowest BCUT2D eigenvalue weighted by Gasteiger charge is -2.12. The van der Waals surface area contributed by atoms with Crippen molar-refractivity contribution in [3.8, 4) is 0 Å². The molecule has 2 nitrogen and oxygen atoms in total. The molecule has 0 saturated carbocycles. The van der Waals surface area contributed by atoms with Gasteiger partial charge in [-0.2, -0.15) is 0 Å². The van der Waals surface area contributed by atoms with Crippen molar-refractivity contribution < 1.29 is 13.9 Å². The molecule has 4 heteroatoms. The van der Waals surface area contributed by atoms with Crippen molar-refractivity contribution >= 4 is 0 Å². The Bertz CT molecular complexity index is 69.4. The van der Waals surface area contributed by atoms with Gasteiger partial charge in [0.2, 0.25) is 0 Å². The number of halogens is 2. The number of alkyl halides is 2. The summed E-state index contributed by atoms with van der Waals surface area (Å²) in [4.78, 5) is 0. The second kappa shape index (κ2) is 3.74. The van der Waals surface area contributed by atoms with Gasteiger partial charge in [0.25, 0.3) is 5.92 Å². The van der Waals surface area contributed by atoms with E-state index < -0.39 is 19.0 Å². The molecule has 0 saturated heterocycles. The molecule has 0 aliphatic rings. The fourth-order valence-electron chi connectivity index (χ4n) is 0.500. The summed E-state index contributed by atoms with van der Waals surface area (Å²) in [7, 11) is 0. The molecule has 0 aromatic carbocycles. The Morgan fingerprint density at radius 3 is 2.22 bits per heavy atom. The molecule has 0 atom stereocenters. The van der Waals surface area contributed by atoms with Crippen LogP contribution in [0.1, 0.15) is 12.8 Å². The van der Waals surface area contributed by atoms with E-state index in [9.17, 15) is 8.78 Å². The average Bonchev–Trinajstić information content (AvgIpc) is 1.64. The van der Waals surface area contributed by atoms with E-state index in [1.54, 1.807) is 0 Å². The summed E-state index contributed by atoms with van der Waals surface area (Å²) in [5.41, 5.74) is 4.88. The molecule has 0 heterocycles. The third kappa shape index (κ3) is 4.29. The van der Waals surface area contributed by atoms with Crippen molar-refractivity contribution in [1.82, 2.24) is 0 Å². The molecule has 9 heavy (non-hydrogen) atoms. The number of hydrogen-bond acceptors (Lipinski definition) is 2. The predicted octanol–water partition coefficient (Wildman–Crippen LogP) is 0.353. The van der Waals surface area contributed by atoms with Gasteiger partial charge in [-0.3, -0.25) is 0 Å². The third-order valence-electron chi connectivity index (χ3n) is 0.988. The van der Waals surface area contributed by atoms with Gasteiger partial charge in [0, 0.05) is 19.4 Å². The van der Waals surface area contributed by atoms with E-state index in [2.05, 4.69) is 0 Å². The van der Waals surface area contributed by atoms with Gasteiger partial charge in [0.05, 0.1) is 0 Å². The zero-order chi connectivity index (χ0) is 7.33. The lowest BCUT2D eigenvalue weighted by molar-refractivity contribution is -0.0264. The normalized spacial score (nSPS) is 12.0. The zero-order valence-corrected chi connectivity index (χ0v) is 5.11. The highest BCUT2D eigenvalue weighted by molar-refractivity contribution is 4.64. The van der Waals surface area contributed by atoms with Crippen LogP contribution in [0.2, 0.25) is 0 Å². The van der Waals surface area contributed by atoms with E-state index in [0.717, 1.165) is 0 Å². The summed E-state index contributed by atoms with van der Waals surface area (Å²) < 4.78 is 24.4. The first-order valence-corrected chi connectivity index (χ1v) is 2.81. The number of aliphatic hydroxyl groups excluding tert-OH is 1. The van der Waals surface area contributed by atoms with Gasteiger partial charge in [-0.15, -0.1) is 0 Å². The van der Waals surface area contributed by atoms with Gasteiger partial charge in [0.15, 0.2) is 0 Å². The maximum absolute atomic E-state index is 12.2. The second-order valence-electron chi connectivity index (χ2n) is 1.87. The number of hydrogen-bond donors (Lipinski definition) is 2. The van der Waals surface area contributed by atoms with Crippen LogP contribution in [-0.2, 0) is 0 Å². The molecule has 0 unspecified atom stereocenters. The first-order valence-electron chi connectivity index (χ1n) is 2.81. The molecule has 0 aromatic heterocycles. The van der Waals surface area contributed by atoms with Crippen molar-refractivity contribution in [3.63, 3.8) is 0 Å². The molecule has 0 fully saturated rings. The minimum Gasteiger partial charge on any atom is -0.396 e. The van der Waals surface area contributed by atoms with Crippen LogP contribution in [0.15, 0.2) is 0 Å². The van der Waals surface area contributed by atoms with Crippen LogP contribution in [0.4, 0.5) is 8.78 Å². The fourth-order valence-corrected chi connectivity index (χ4v) is 0.500. The molecule has 0 aliphatic heterocycles. The van der Waals surface area contributed by atoms with Crippen molar-refractivity contribution in [1.29, 1.82) is 0 Å². The van der Waals surface area contributed by atoms with Gasteiger partial charge in [-0.25, -0.2) is 8.78 Å². The van der Waals surface area contributed by atoms with E-state index in [0.29, 0.717) is 0 Å². The molecule has 0 bridgehead atoms. The van der Waals surface area contributed by atoms with Crippen molar-refractivity contribution in [2.75, 3.05) is 13.2 Å². The van der Waals surface area contributed by atoms with Gasteiger partial charge < -0.3 is 10.8 Å². The predicted molar refractivity (Wildman–Crippen MR) is 30.3 cm³/mol. The average molecular weight is 139 g/mol. The summed E-state index contributed by atoms with van der Waals surface area (Å²) >= 11 is 0. The minimum atomic E-state index is -2.77. The molecular formula is C5H11F2NO. The molecule has 0 aromatic rings. The zero-order valence-electron chi connectivity index (χ0n) is 5.11. The molecule has 0 spiro atoms. The Hall–Kier alpha value is -0.220. The van der Waals surface area contributed by atoms with Gasteiger partial charge in [0.1, 0.15) is 0 Å². The number of aliphatic hydroxyl groups is 1. The minimum absolute atomic E-state index is 0.0347. The highest BCUT2D eigenvalue weighted by atomic mass is 19.3. The van der Waals surface area contributed by atoms with Crippen LogP contribution in [0.5, 0.6) is 0 Å². The fraction of sp³-hybridized carbons (Fsp3) is 1.00. The maximum Gasteiger partial charge on any atom is 0.251 e. The second-order valence-corrected chi connectivity index (χ2v) is 1.87. The third-order valence-corrected chi connectivity index (χ3v) is 0.988. The topological polar surface area (TPSA) is 46.2 Å². The standard InChI is InChI=1S/C5H11F2NO/c6-5(7,1-3-8)2-4-9/h9H,1-4,8H2. The van der Waals surface area contributed by atoms with Crippen molar-refractivity contribution in [2.24, 2.45) is 5.73 Å². The Morgan fingerprint density at radius 2 is 1.89 bits per heavy atom. The molecule has 0 amide bonds. The SMILES string of the molecule is NCCC(F)(F)CCO. The monoisotopic (exact) mass is 139 g/mol. The van der Waals surface area contributed by atoms with Crippen LogP contribution in [-0.4, -0.2) is 24.2 Å². The van der Waals surface area contributed by atoms with E-state index in [1.807, 2.05) is 0 Å². The summed E-state index contributed by atoms with van der Waals surface area (Å²) in [6.07, 6.45) is -0.822. The Labute approximate surface area is 52.7 Å². The van der Waals surface area contributed by atoms with Crippen molar-refractivity contribution in [3.05, 3.63) is 0 Å². The van der Waals surface area contributed by atoms with Crippen LogP contribution in [0.25, 0.3) is 0 Å². The first-order chi connectivity index (χ1) is 4.12. The van der Waals surface area contributed by atoms with Crippen LogP contribution in [0.3, 0.4) is 0 Å². The smallest absolute Gasteiger partial charge is 0.251 e. The van der Waals surface area contributed by atoms with E-state index in [4.69, 9.17) is 10.8 Å². The largest absolute Gasteiger partial charge is 0.396 e. The highest BCUT2D eigenvalue weighted by Gasteiger charge is 2.26. The van der Waals surface area contributed by atoms with Crippen LogP contribution >= 0.6 is 0 Å². The first kappa shape index (κ1) is 8.78. The highest BCUT2D eigenvalue weighted by Crippen LogP contribution is 2.20. The molecule has 0 rings (SSSR count). The number of rotatable bonds is 4. The van der Waals surface area contributed by atoms with E-state index in [-0.39, 0.29) is 13.0 Å². The molecule has 3 N–H and O–H groups in total. The maximum atomic E-state index is 12.2. The summed E-state index contributed by atoms with van der Waals surface area (Å²) in [5, 5.41) is 8.11. The Morgan fingerprint density at radius 1 is 1.33 bits per heavy atom. The van der Waals surface area contributed by atoms with Gasteiger partial charge >= 0.3 is 0 Å². The molecular weight excluding hydrogens is 128 g/mol. The van der Waals surface area contributed by atoms with Crippen LogP contribution < -0.4 is 5.73 Å². The lowest BCUT2D eigenvalue weighted by atomic mass is 10.2. The van der Waals surface area contributed by atoms with Crippen molar-refractivity contribution in [2.45, 2.75) is 18.8 Å². The van der Waals surface area contributed by atoms with E-state index in [1.165, 1.54) is 0 Å².